The van der Waals surface area contributed by atoms with E-state index in [1.54, 1.807) is 0 Å². The summed E-state index contributed by atoms with van der Waals surface area (Å²) in [6.45, 7) is 6.87. The summed E-state index contributed by atoms with van der Waals surface area (Å²) in [6.07, 6.45) is 4.47. The first-order valence-electron chi connectivity index (χ1n) is 8.74. The summed E-state index contributed by atoms with van der Waals surface area (Å²) in [5, 5.41) is 0. The predicted octanol–water partition coefficient (Wildman–Crippen LogP) is 3.93. The van der Waals surface area contributed by atoms with Crippen molar-refractivity contribution in [3.63, 3.8) is 0 Å². The van der Waals surface area contributed by atoms with Gasteiger partial charge in [-0.05, 0) is 45.1 Å². The molecule has 0 amide bonds. The third-order valence-electron chi connectivity index (χ3n) is 3.92. The Bertz CT molecular complexity index is 403. The Morgan fingerprint density at radius 1 is 1.13 bits per heavy atom. The van der Waals surface area contributed by atoms with Crippen molar-refractivity contribution in [2.45, 2.75) is 64.6 Å². The van der Waals surface area contributed by atoms with Crippen molar-refractivity contribution in [3.8, 4) is 0 Å². The summed E-state index contributed by atoms with van der Waals surface area (Å²) >= 11 is 0. The van der Waals surface area contributed by atoms with Gasteiger partial charge in [-0.2, -0.15) is 0 Å². The topological polar surface area (TPSA) is 36.9 Å². The highest BCUT2D eigenvalue weighted by molar-refractivity contribution is 5.13. The summed E-state index contributed by atoms with van der Waals surface area (Å²) in [4.78, 5) is 0. The van der Waals surface area contributed by atoms with Crippen molar-refractivity contribution in [1.29, 1.82) is 0 Å². The van der Waals surface area contributed by atoms with Gasteiger partial charge in [-0.1, -0.05) is 30.3 Å². The molecule has 1 heterocycles. The van der Waals surface area contributed by atoms with E-state index in [-0.39, 0.29) is 18.5 Å². The average molecular weight is 322 g/mol. The summed E-state index contributed by atoms with van der Waals surface area (Å²) in [5.41, 5.74) is 1.19. The number of rotatable bonds is 10. The zero-order chi connectivity index (χ0) is 16.3. The first-order valence-corrected chi connectivity index (χ1v) is 8.74. The molecule has 0 saturated carbocycles. The molecule has 1 aliphatic rings. The lowest BCUT2D eigenvalue weighted by Gasteiger charge is -2.26. The largest absolute Gasteiger partial charge is 0.379 e. The van der Waals surface area contributed by atoms with Gasteiger partial charge in [0.25, 0.3) is 0 Å². The van der Waals surface area contributed by atoms with E-state index in [2.05, 4.69) is 19.1 Å². The minimum Gasteiger partial charge on any atom is -0.379 e. The zero-order valence-electron chi connectivity index (χ0n) is 14.4. The van der Waals surface area contributed by atoms with E-state index < -0.39 is 0 Å². The van der Waals surface area contributed by atoms with Crippen LogP contribution in [0.15, 0.2) is 30.3 Å². The molecule has 1 unspecified atom stereocenters. The van der Waals surface area contributed by atoms with Crippen LogP contribution in [0.1, 0.15) is 45.1 Å². The highest BCUT2D eigenvalue weighted by Gasteiger charge is 2.17. The minimum atomic E-state index is -0.0214. The van der Waals surface area contributed by atoms with Crippen LogP contribution in [-0.4, -0.2) is 38.3 Å². The van der Waals surface area contributed by atoms with Gasteiger partial charge in [-0.15, -0.1) is 0 Å². The maximum Gasteiger partial charge on any atom is 0.157 e. The van der Waals surface area contributed by atoms with Crippen molar-refractivity contribution < 1.29 is 18.9 Å². The molecule has 3 atom stereocenters. The average Bonchev–Trinajstić information content (AvgIpc) is 2.59. The Balaban J connectivity index is 1.49. The SMILES string of the molecule is C[C@H](COCC[C@@H](C)OC1CCCCO1)OCc1ccccc1. The second-order valence-corrected chi connectivity index (χ2v) is 6.21. The second-order valence-electron chi connectivity index (χ2n) is 6.21. The summed E-state index contributed by atoms with van der Waals surface area (Å²) in [5.74, 6) is 0. The molecule has 0 radical (unpaired) electrons. The van der Waals surface area contributed by atoms with Crippen LogP contribution < -0.4 is 0 Å². The van der Waals surface area contributed by atoms with E-state index in [1.807, 2.05) is 25.1 Å². The molecule has 2 rings (SSSR count). The number of ether oxygens (including phenoxy) is 4. The molecule has 0 spiro atoms. The van der Waals surface area contributed by atoms with Crippen LogP contribution in [0.4, 0.5) is 0 Å². The second kappa shape index (κ2) is 10.8. The Labute approximate surface area is 140 Å². The van der Waals surface area contributed by atoms with Crippen LogP contribution in [0.2, 0.25) is 0 Å². The van der Waals surface area contributed by atoms with E-state index in [0.29, 0.717) is 19.8 Å². The van der Waals surface area contributed by atoms with Gasteiger partial charge in [0, 0.05) is 13.2 Å². The van der Waals surface area contributed by atoms with Crippen LogP contribution >= 0.6 is 0 Å². The smallest absolute Gasteiger partial charge is 0.157 e. The fourth-order valence-electron chi connectivity index (χ4n) is 2.51. The molecule has 23 heavy (non-hydrogen) atoms. The Morgan fingerprint density at radius 2 is 1.96 bits per heavy atom. The third kappa shape index (κ3) is 7.93. The number of hydrogen-bond acceptors (Lipinski definition) is 4. The molecule has 130 valence electrons. The van der Waals surface area contributed by atoms with Crippen LogP contribution in [0.3, 0.4) is 0 Å². The van der Waals surface area contributed by atoms with Gasteiger partial charge < -0.3 is 18.9 Å². The van der Waals surface area contributed by atoms with Crippen molar-refractivity contribution in [3.05, 3.63) is 35.9 Å². The Morgan fingerprint density at radius 3 is 2.70 bits per heavy atom. The van der Waals surface area contributed by atoms with Gasteiger partial charge in [0.2, 0.25) is 0 Å². The van der Waals surface area contributed by atoms with Crippen molar-refractivity contribution >= 4 is 0 Å². The summed E-state index contributed by atoms with van der Waals surface area (Å²) < 4.78 is 22.9. The quantitative estimate of drug-likeness (QED) is 0.612. The molecular weight excluding hydrogens is 292 g/mol. The summed E-state index contributed by atoms with van der Waals surface area (Å²) in [7, 11) is 0. The monoisotopic (exact) mass is 322 g/mol. The van der Waals surface area contributed by atoms with Gasteiger partial charge in [-0.25, -0.2) is 0 Å². The molecule has 1 aliphatic heterocycles. The lowest BCUT2D eigenvalue weighted by Crippen LogP contribution is -2.27. The fourth-order valence-corrected chi connectivity index (χ4v) is 2.51. The molecule has 1 saturated heterocycles. The van der Waals surface area contributed by atoms with Crippen LogP contribution in [-0.2, 0) is 25.6 Å². The molecule has 0 bridgehead atoms. The molecule has 1 aromatic carbocycles. The van der Waals surface area contributed by atoms with E-state index >= 15 is 0 Å². The standard InChI is InChI=1S/C19H30O4/c1-16(23-19-10-6-7-12-21-19)11-13-20-14-17(2)22-15-18-8-4-3-5-9-18/h3-5,8-9,16-17,19H,6-7,10-15H2,1-2H3/t16-,17-,19?/m1/s1. The van der Waals surface area contributed by atoms with E-state index in [1.165, 1.54) is 12.0 Å². The molecule has 0 aliphatic carbocycles. The molecule has 4 nitrogen and oxygen atoms in total. The maximum absolute atomic E-state index is 5.87. The van der Waals surface area contributed by atoms with E-state index in [9.17, 15) is 0 Å². The molecular formula is C19H30O4. The zero-order valence-corrected chi connectivity index (χ0v) is 14.4. The van der Waals surface area contributed by atoms with Gasteiger partial charge in [0.05, 0.1) is 25.4 Å². The van der Waals surface area contributed by atoms with Crippen molar-refractivity contribution in [2.24, 2.45) is 0 Å². The van der Waals surface area contributed by atoms with Crippen LogP contribution in [0, 0.1) is 0 Å². The highest BCUT2D eigenvalue weighted by atomic mass is 16.7. The third-order valence-corrected chi connectivity index (χ3v) is 3.92. The minimum absolute atomic E-state index is 0.0214. The van der Waals surface area contributed by atoms with Crippen LogP contribution in [0.5, 0.6) is 0 Å². The molecule has 1 aromatic rings. The number of benzene rings is 1. The van der Waals surface area contributed by atoms with E-state index in [4.69, 9.17) is 18.9 Å². The molecule has 0 N–H and O–H groups in total. The number of hydrogen-bond donors (Lipinski definition) is 0. The highest BCUT2D eigenvalue weighted by Crippen LogP contribution is 2.16. The lowest BCUT2D eigenvalue weighted by molar-refractivity contribution is -0.187. The van der Waals surface area contributed by atoms with Crippen molar-refractivity contribution in [1.82, 2.24) is 0 Å². The van der Waals surface area contributed by atoms with Crippen molar-refractivity contribution in [2.75, 3.05) is 19.8 Å². The fraction of sp³-hybridized carbons (Fsp3) is 0.684. The predicted molar refractivity (Wildman–Crippen MR) is 90.3 cm³/mol. The first kappa shape index (κ1) is 18.4. The molecule has 1 fully saturated rings. The van der Waals surface area contributed by atoms with Gasteiger partial charge >= 0.3 is 0 Å². The molecule has 0 aromatic heterocycles. The molecule has 4 heteroatoms. The Kier molecular flexibility index (Phi) is 8.61. The normalized spacial score (nSPS) is 21.0. The first-order chi connectivity index (χ1) is 11.2. The van der Waals surface area contributed by atoms with Crippen LogP contribution in [0.25, 0.3) is 0 Å². The lowest BCUT2D eigenvalue weighted by atomic mass is 10.2. The van der Waals surface area contributed by atoms with Gasteiger partial charge in [0.1, 0.15) is 0 Å². The van der Waals surface area contributed by atoms with E-state index in [0.717, 1.165) is 25.9 Å². The Hall–Kier alpha value is -0.940. The van der Waals surface area contributed by atoms with Gasteiger partial charge in [0.15, 0.2) is 6.29 Å². The maximum atomic E-state index is 5.87. The summed E-state index contributed by atoms with van der Waals surface area (Å²) in [6, 6.07) is 10.2. The van der Waals surface area contributed by atoms with Gasteiger partial charge in [-0.3, -0.25) is 0 Å².